The molecule has 2 amide bonds. The van der Waals surface area contributed by atoms with Crippen LogP contribution in [-0.4, -0.2) is 30.4 Å². The topological polar surface area (TPSA) is 70.2 Å². The van der Waals surface area contributed by atoms with Crippen molar-refractivity contribution in [2.45, 2.75) is 38.3 Å². The molecule has 0 saturated carbocycles. The Labute approximate surface area is 199 Å². The van der Waals surface area contributed by atoms with Crippen molar-refractivity contribution in [3.63, 3.8) is 0 Å². The van der Waals surface area contributed by atoms with E-state index in [1.165, 1.54) is 17.4 Å². The summed E-state index contributed by atoms with van der Waals surface area (Å²) in [5.41, 5.74) is 0.0928. The van der Waals surface area contributed by atoms with Gasteiger partial charge < -0.3 is 16.0 Å². The molecular formula is C24H24ClF2N3O2S. The van der Waals surface area contributed by atoms with Crippen LogP contribution < -0.4 is 16.0 Å². The predicted octanol–water partition coefficient (Wildman–Crippen LogP) is 4.24. The van der Waals surface area contributed by atoms with Crippen molar-refractivity contribution in [1.82, 2.24) is 16.0 Å². The molecule has 5 nitrogen and oxygen atoms in total. The summed E-state index contributed by atoms with van der Waals surface area (Å²) in [6.07, 6.45) is 0.979. The monoisotopic (exact) mass is 491 g/mol. The lowest BCUT2D eigenvalue weighted by Gasteiger charge is -2.37. The molecule has 2 aromatic carbocycles. The normalized spacial score (nSPS) is 15.4. The summed E-state index contributed by atoms with van der Waals surface area (Å²) in [6.45, 7) is 3.01. The number of hydrogen-bond donors (Lipinski definition) is 3. The highest BCUT2D eigenvalue weighted by Crippen LogP contribution is 2.33. The minimum absolute atomic E-state index is 0.0911. The van der Waals surface area contributed by atoms with Gasteiger partial charge in [0.1, 0.15) is 17.2 Å². The molecule has 3 aromatic rings. The fourth-order valence-corrected chi connectivity index (χ4v) is 5.50. The molecule has 1 saturated heterocycles. The van der Waals surface area contributed by atoms with Crippen molar-refractivity contribution in [1.29, 1.82) is 0 Å². The van der Waals surface area contributed by atoms with Gasteiger partial charge in [-0.1, -0.05) is 17.7 Å². The van der Waals surface area contributed by atoms with Gasteiger partial charge in [0, 0.05) is 32.8 Å². The molecule has 174 valence electrons. The molecule has 1 aromatic heterocycles. The van der Waals surface area contributed by atoms with E-state index in [-0.39, 0.29) is 30.3 Å². The van der Waals surface area contributed by atoms with Crippen LogP contribution in [0, 0.1) is 18.6 Å². The summed E-state index contributed by atoms with van der Waals surface area (Å²) >= 11 is 7.65. The fourth-order valence-electron chi connectivity index (χ4n) is 4.14. The third-order valence-corrected chi connectivity index (χ3v) is 7.55. The Morgan fingerprint density at radius 2 is 1.91 bits per heavy atom. The van der Waals surface area contributed by atoms with E-state index in [4.69, 9.17) is 11.6 Å². The van der Waals surface area contributed by atoms with Gasteiger partial charge in [0.05, 0.1) is 6.42 Å². The zero-order valence-corrected chi connectivity index (χ0v) is 19.6. The molecule has 1 fully saturated rings. The summed E-state index contributed by atoms with van der Waals surface area (Å²) < 4.78 is 28.2. The number of amides is 2. The number of piperidine rings is 1. The molecule has 0 bridgehead atoms. The van der Waals surface area contributed by atoms with Crippen LogP contribution in [0.15, 0.2) is 36.4 Å². The quantitative estimate of drug-likeness (QED) is 0.483. The van der Waals surface area contributed by atoms with Crippen molar-refractivity contribution < 1.29 is 18.4 Å². The average molecular weight is 492 g/mol. The number of benzene rings is 2. The lowest BCUT2D eigenvalue weighted by molar-refractivity contribution is -0.134. The summed E-state index contributed by atoms with van der Waals surface area (Å²) in [6, 6.07) is 8.88. The Kier molecular flexibility index (Phi) is 6.97. The fraction of sp³-hybridized carbons (Fsp3) is 0.333. The highest BCUT2D eigenvalue weighted by Gasteiger charge is 2.40. The molecule has 33 heavy (non-hydrogen) atoms. The third kappa shape index (κ3) is 5.18. The lowest BCUT2D eigenvalue weighted by Crippen LogP contribution is -2.63. The molecule has 0 atom stereocenters. The minimum atomic E-state index is -1.09. The van der Waals surface area contributed by atoms with Gasteiger partial charge in [0.2, 0.25) is 11.8 Å². The molecule has 1 aliphatic heterocycles. The number of hydrogen-bond acceptors (Lipinski definition) is 4. The van der Waals surface area contributed by atoms with Crippen LogP contribution in [0.2, 0.25) is 5.02 Å². The maximum Gasteiger partial charge on any atom is 0.246 e. The molecule has 0 aliphatic carbocycles. The smallest absolute Gasteiger partial charge is 0.246 e. The van der Waals surface area contributed by atoms with Gasteiger partial charge in [0.15, 0.2) is 0 Å². The van der Waals surface area contributed by atoms with E-state index >= 15 is 0 Å². The third-order valence-electron chi connectivity index (χ3n) is 6.04. The number of carbonyl (C=O) groups is 2. The number of carbonyl (C=O) groups excluding carboxylic acids is 2. The van der Waals surface area contributed by atoms with Gasteiger partial charge >= 0.3 is 0 Å². The number of halogens is 3. The highest BCUT2D eigenvalue weighted by molar-refractivity contribution is 7.19. The number of thiophene rings is 1. The van der Waals surface area contributed by atoms with Gasteiger partial charge in [-0.15, -0.1) is 11.3 Å². The number of fused-ring (bicyclic) bond motifs is 1. The molecule has 4 rings (SSSR count). The van der Waals surface area contributed by atoms with Crippen molar-refractivity contribution in [3.8, 4) is 0 Å². The first kappa shape index (κ1) is 23.6. The summed E-state index contributed by atoms with van der Waals surface area (Å²) in [5.74, 6) is -2.02. The first-order valence-corrected chi connectivity index (χ1v) is 11.9. The lowest BCUT2D eigenvalue weighted by atomic mass is 9.86. The summed E-state index contributed by atoms with van der Waals surface area (Å²) in [7, 11) is 0. The minimum Gasteiger partial charge on any atom is -0.350 e. The molecular weight excluding hydrogens is 468 g/mol. The summed E-state index contributed by atoms with van der Waals surface area (Å²) in [5, 5.41) is 10.5. The van der Waals surface area contributed by atoms with Gasteiger partial charge in [-0.3, -0.25) is 9.59 Å². The number of aryl methyl sites for hydroxylation is 1. The van der Waals surface area contributed by atoms with Gasteiger partial charge in [-0.2, -0.15) is 0 Å². The number of rotatable bonds is 6. The van der Waals surface area contributed by atoms with Crippen molar-refractivity contribution >= 4 is 44.8 Å². The molecule has 3 N–H and O–H groups in total. The molecule has 0 unspecified atom stereocenters. The maximum absolute atomic E-state index is 14.0. The van der Waals surface area contributed by atoms with E-state index in [1.54, 1.807) is 0 Å². The van der Waals surface area contributed by atoms with E-state index in [0.717, 1.165) is 32.7 Å². The van der Waals surface area contributed by atoms with Gasteiger partial charge in [-0.25, -0.2) is 8.78 Å². The van der Waals surface area contributed by atoms with Gasteiger partial charge in [-0.05, 0) is 68.1 Å². The Morgan fingerprint density at radius 1 is 1.15 bits per heavy atom. The van der Waals surface area contributed by atoms with E-state index < -0.39 is 17.2 Å². The Hall–Kier alpha value is -2.55. The largest absolute Gasteiger partial charge is 0.350 e. The first-order valence-electron chi connectivity index (χ1n) is 10.7. The predicted molar refractivity (Wildman–Crippen MR) is 126 cm³/mol. The van der Waals surface area contributed by atoms with Gasteiger partial charge in [0.25, 0.3) is 0 Å². The second-order valence-corrected chi connectivity index (χ2v) is 9.84. The van der Waals surface area contributed by atoms with Crippen molar-refractivity contribution in [2.75, 3.05) is 13.1 Å². The Balaban J connectivity index is 1.48. The standard InChI is InChI=1S/C24H24ClF2N3O2S/c1-14-18-10-16(25)3-5-20(18)33-21(14)12-22(31)30-24(6-8-28-9-7-24)23(32)29-13-15-2-4-17(26)11-19(15)27/h2-5,10-11,28H,6-9,12-13H2,1H3,(H,29,32)(H,30,31). The van der Waals surface area contributed by atoms with E-state index in [0.29, 0.717) is 31.0 Å². The molecule has 9 heteroatoms. The van der Waals surface area contributed by atoms with E-state index in [9.17, 15) is 18.4 Å². The van der Waals surface area contributed by atoms with E-state index in [1.807, 2.05) is 25.1 Å². The molecule has 2 heterocycles. The molecule has 0 radical (unpaired) electrons. The van der Waals surface area contributed by atoms with E-state index in [2.05, 4.69) is 16.0 Å². The van der Waals surface area contributed by atoms with Crippen LogP contribution in [0.4, 0.5) is 8.78 Å². The maximum atomic E-state index is 14.0. The highest BCUT2D eigenvalue weighted by atomic mass is 35.5. The molecule has 1 aliphatic rings. The van der Waals surface area contributed by atoms with Crippen LogP contribution in [0.25, 0.3) is 10.1 Å². The van der Waals surface area contributed by atoms with Crippen LogP contribution in [0.3, 0.4) is 0 Å². The second kappa shape index (κ2) is 9.75. The van der Waals surface area contributed by atoms with Crippen LogP contribution in [0.5, 0.6) is 0 Å². The van der Waals surface area contributed by atoms with Crippen LogP contribution >= 0.6 is 22.9 Å². The second-order valence-electron chi connectivity index (χ2n) is 8.27. The molecule has 0 spiro atoms. The first-order chi connectivity index (χ1) is 15.8. The Morgan fingerprint density at radius 3 is 2.64 bits per heavy atom. The van der Waals surface area contributed by atoms with Crippen molar-refractivity contribution in [3.05, 3.63) is 69.1 Å². The number of nitrogens with one attached hydrogen (secondary N) is 3. The zero-order valence-electron chi connectivity index (χ0n) is 18.1. The van der Waals surface area contributed by atoms with Crippen molar-refractivity contribution in [2.24, 2.45) is 0 Å². The Bertz CT molecular complexity index is 1210. The van der Waals surface area contributed by atoms with Crippen LogP contribution in [0.1, 0.15) is 28.8 Å². The zero-order chi connectivity index (χ0) is 23.6. The van der Waals surface area contributed by atoms with Crippen LogP contribution in [-0.2, 0) is 22.6 Å². The summed E-state index contributed by atoms with van der Waals surface area (Å²) in [4.78, 5) is 27.1. The average Bonchev–Trinajstić information content (AvgIpc) is 3.08. The SMILES string of the molecule is Cc1c(CC(=O)NC2(C(=O)NCc3ccc(F)cc3F)CCNCC2)sc2ccc(Cl)cc12.